The third kappa shape index (κ3) is 4.20. The molecular weight excluding hydrogens is 350 g/mol. The van der Waals surface area contributed by atoms with Crippen molar-refractivity contribution in [1.82, 2.24) is 15.0 Å². The van der Waals surface area contributed by atoms with Crippen molar-refractivity contribution in [3.63, 3.8) is 0 Å². The fourth-order valence-corrected chi connectivity index (χ4v) is 3.31. The van der Waals surface area contributed by atoms with Gasteiger partial charge in [0, 0.05) is 24.8 Å². The van der Waals surface area contributed by atoms with Crippen LogP contribution in [-0.4, -0.2) is 27.8 Å². The smallest absolute Gasteiger partial charge is 0.221 e. The first-order valence-corrected chi connectivity index (χ1v) is 8.88. The number of hydrogen-bond acceptors (Lipinski definition) is 8. The van der Waals surface area contributed by atoms with Crippen LogP contribution in [-0.2, 0) is 17.8 Å². The fraction of sp³-hybridized carbons (Fsp3) is 0.222. The Labute approximate surface area is 155 Å². The Balaban J connectivity index is 1.83. The van der Waals surface area contributed by atoms with Crippen LogP contribution < -0.4 is 5.73 Å². The van der Waals surface area contributed by atoms with Crippen LogP contribution in [0.3, 0.4) is 0 Å². The minimum Gasteiger partial charge on any atom is -0.457 e. The summed E-state index contributed by atoms with van der Waals surface area (Å²) in [6, 6.07) is 11.5. The van der Waals surface area contributed by atoms with Crippen molar-refractivity contribution in [2.75, 3.05) is 18.6 Å². The molecule has 8 heteroatoms. The van der Waals surface area contributed by atoms with E-state index in [1.54, 1.807) is 25.4 Å². The zero-order valence-corrected chi connectivity index (χ0v) is 15.0. The van der Waals surface area contributed by atoms with E-state index in [4.69, 9.17) is 14.9 Å². The van der Waals surface area contributed by atoms with Gasteiger partial charge in [-0.25, -0.2) is 9.97 Å². The molecule has 3 aromatic rings. The molecule has 2 N–H and O–H groups in total. The highest BCUT2D eigenvalue weighted by Gasteiger charge is 2.18. The highest BCUT2D eigenvalue weighted by molar-refractivity contribution is 7.99. The minimum absolute atomic E-state index is 0.101. The van der Waals surface area contributed by atoms with Gasteiger partial charge in [-0.15, -0.1) is 11.8 Å². The van der Waals surface area contributed by atoms with Gasteiger partial charge in [0.1, 0.15) is 34.7 Å². The first kappa shape index (κ1) is 17.9. The molecule has 0 fully saturated rings. The third-order valence-corrected chi connectivity index (χ3v) is 4.49. The van der Waals surface area contributed by atoms with Crippen LogP contribution in [0.15, 0.2) is 46.0 Å². The number of nitrogens with zero attached hydrogens (tertiary/aromatic N) is 4. The molecule has 3 rings (SSSR count). The van der Waals surface area contributed by atoms with E-state index in [-0.39, 0.29) is 5.95 Å². The number of anilines is 1. The Morgan fingerprint density at radius 1 is 1.27 bits per heavy atom. The van der Waals surface area contributed by atoms with Crippen LogP contribution in [0.5, 0.6) is 0 Å². The summed E-state index contributed by atoms with van der Waals surface area (Å²) in [5.74, 6) is 1.93. The van der Waals surface area contributed by atoms with Crippen molar-refractivity contribution in [2.24, 2.45) is 0 Å². The zero-order chi connectivity index (χ0) is 18.4. The standard InChI is InChI=1S/C18H17N5O2S/c1-24-11-13-5-6-15(25-13)16-14(10-19)17(23-18(20)22-16)26-9-7-12-4-2-3-8-21-12/h2-6,8H,7,9,11H2,1H3,(H2,20,22,23). The maximum atomic E-state index is 9.62. The van der Waals surface area contributed by atoms with Gasteiger partial charge < -0.3 is 14.9 Å². The minimum atomic E-state index is 0.101. The fourth-order valence-electron chi connectivity index (χ4n) is 2.36. The van der Waals surface area contributed by atoms with E-state index >= 15 is 0 Å². The number of hydrogen-bond donors (Lipinski definition) is 1. The number of rotatable bonds is 7. The number of aryl methyl sites for hydroxylation is 1. The molecule has 0 aliphatic heterocycles. The summed E-state index contributed by atoms with van der Waals surface area (Å²) in [7, 11) is 1.59. The average Bonchev–Trinajstić information content (AvgIpc) is 3.11. The molecule has 26 heavy (non-hydrogen) atoms. The first-order valence-electron chi connectivity index (χ1n) is 7.89. The van der Waals surface area contributed by atoms with Gasteiger partial charge in [-0.05, 0) is 30.7 Å². The Morgan fingerprint density at radius 3 is 2.88 bits per heavy atom. The van der Waals surface area contributed by atoms with E-state index in [1.165, 1.54) is 11.8 Å². The van der Waals surface area contributed by atoms with Crippen LogP contribution in [0.25, 0.3) is 11.5 Å². The second kappa shape index (κ2) is 8.47. The lowest BCUT2D eigenvalue weighted by molar-refractivity contribution is 0.165. The summed E-state index contributed by atoms with van der Waals surface area (Å²) in [6.45, 7) is 0.341. The predicted molar refractivity (Wildman–Crippen MR) is 98.2 cm³/mol. The van der Waals surface area contributed by atoms with Crippen molar-refractivity contribution in [3.05, 3.63) is 53.5 Å². The van der Waals surface area contributed by atoms with Gasteiger partial charge in [0.25, 0.3) is 0 Å². The maximum Gasteiger partial charge on any atom is 0.221 e. The van der Waals surface area contributed by atoms with Gasteiger partial charge in [0.15, 0.2) is 5.76 Å². The Bertz CT molecular complexity index is 921. The number of aromatic nitrogens is 3. The largest absolute Gasteiger partial charge is 0.457 e. The third-order valence-electron chi connectivity index (χ3n) is 3.51. The average molecular weight is 367 g/mol. The van der Waals surface area contributed by atoms with Gasteiger partial charge in [0.2, 0.25) is 5.95 Å². The number of methoxy groups -OCH3 is 1. The van der Waals surface area contributed by atoms with E-state index in [0.29, 0.717) is 40.2 Å². The number of nitrogens with two attached hydrogens (primary N) is 1. The van der Waals surface area contributed by atoms with Gasteiger partial charge in [-0.1, -0.05) is 6.07 Å². The molecular formula is C18H17N5O2S. The normalized spacial score (nSPS) is 10.6. The molecule has 0 spiro atoms. The molecule has 0 unspecified atom stereocenters. The second-order valence-corrected chi connectivity index (χ2v) is 6.42. The SMILES string of the molecule is COCc1ccc(-c2nc(N)nc(SCCc3ccccn3)c2C#N)o1. The summed E-state index contributed by atoms with van der Waals surface area (Å²) in [4.78, 5) is 12.7. The molecule has 0 amide bonds. The number of nitriles is 1. The summed E-state index contributed by atoms with van der Waals surface area (Å²) in [5.41, 5.74) is 7.57. The van der Waals surface area contributed by atoms with Crippen LogP contribution >= 0.6 is 11.8 Å². The van der Waals surface area contributed by atoms with E-state index in [0.717, 1.165) is 12.1 Å². The summed E-state index contributed by atoms with van der Waals surface area (Å²) >= 11 is 1.45. The quantitative estimate of drug-likeness (QED) is 0.501. The highest BCUT2D eigenvalue weighted by atomic mass is 32.2. The van der Waals surface area contributed by atoms with Crippen molar-refractivity contribution in [1.29, 1.82) is 5.26 Å². The molecule has 132 valence electrons. The van der Waals surface area contributed by atoms with Crippen LogP contribution in [0, 0.1) is 11.3 Å². The van der Waals surface area contributed by atoms with Crippen LogP contribution in [0.2, 0.25) is 0 Å². The molecule has 0 atom stereocenters. The zero-order valence-electron chi connectivity index (χ0n) is 14.2. The Morgan fingerprint density at radius 2 is 2.15 bits per heavy atom. The molecule has 0 bridgehead atoms. The molecule has 3 aromatic heterocycles. The first-order chi connectivity index (χ1) is 12.7. The predicted octanol–water partition coefficient (Wildman–Crippen LogP) is 3.07. The lowest BCUT2D eigenvalue weighted by atomic mass is 10.2. The second-order valence-electron chi connectivity index (χ2n) is 5.34. The topological polar surface area (TPSA) is 111 Å². The van der Waals surface area contributed by atoms with Crippen molar-refractivity contribution >= 4 is 17.7 Å². The Kier molecular flexibility index (Phi) is 5.84. The summed E-state index contributed by atoms with van der Waals surface area (Å²) in [6.07, 6.45) is 2.52. The number of ether oxygens (including phenoxy) is 1. The number of nitrogen functional groups attached to an aromatic ring is 1. The lowest BCUT2D eigenvalue weighted by Crippen LogP contribution is -2.03. The summed E-state index contributed by atoms with van der Waals surface area (Å²) in [5, 5.41) is 10.2. The van der Waals surface area contributed by atoms with Gasteiger partial charge >= 0.3 is 0 Å². The van der Waals surface area contributed by atoms with Crippen LogP contribution in [0.4, 0.5) is 5.95 Å². The van der Waals surface area contributed by atoms with Crippen LogP contribution in [0.1, 0.15) is 17.0 Å². The molecule has 3 heterocycles. The van der Waals surface area contributed by atoms with Crippen molar-refractivity contribution < 1.29 is 9.15 Å². The molecule has 0 saturated heterocycles. The highest BCUT2D eigenvalue weighted by Crippen LogP contribution is 2.31. The molecule has 0 aliphatic carbocycles. The number of thioether (sulfide) groups is 1. The number of furan rings is 1. The van der Waals surface area contributed by atoms with E-state index in [2.05, 4.69) is 21.0 Å². The van der Waals surface area contributed by atoms with Gasteiger partial charge in [-0.2, -0.15) is 5.26 Å². The number of pyridine rings is 1. The van der Waals surface area contributed by atoms with E-state index < -0.39 is 0 Å². The monoisotopic (exact) mass is 367 g/mol. The molecule has 0 saturated carbocycles. The maximum absolute atomic E-state index is 9.62. The molecule has 7 nitrogen and oxygen atoms in total. The van der Waals surface area contributed by atoms with Gasteiger partial charge in [-0.3, -0.25) is 4.98 Å². The lowest BCUT2D eigenvalue weighted by Gasteiger charge is -2.07. The van der Waals surface area contributed by atoms with Gasteiger partial charge in [0.05, 0.1) is 0 Å². The van der Waals surface area contributed by atoms with E-state index in [1.807, 2.05) is 18.2 Å². The summed E-state index contributed by atoms with van der Waals surface area (Å²) < 4.78 is 10.7. The van der Waals surface area contributed by atoms with Crippen molar-refractivity contribution in [3.8, 4) is 17.5 Å². The Hall–Kier alpha value is -2.89. The molecule has 0 aliphatic rings. The molecule has 0 aromatic carbocycles. The van der Waals surface area contributed by atoms with Crippen molar-refractivity contribution in [2.45, 2.75) is 18.1 Å². The van der Waals surface area contributed by atoms with E-state index in [9.17, 15) is 5.26 Å². The molecule has 0 radical (unpaired) electrons.